The zero-order chi connectivity index (χ0) is 19.7. The second-order valence-corrected chi connectivity index (χ2v) is 12.6. The first-order valence-electron chi connectivity index (χ1n) is 10.4. The van der Waals surface area contributed by atoms with Crippen molar-refractivity contribution in [1.82, 2.24) is 20.0 Å². The summed E-state index contributed by atoms with van der Waals surface area (Å²) in [7, 11) is 0. The second-order valence-electron chi connectivity index (χ2n) is 7.49. The fourth-order valence-corrected chi connectivity index (χ4v) is 8.65. The second kappa shape index (κ2) is 11.1. The molecular formula is C21H33FN4Sn. The van der Waals surface area contributed by atoms with E-state index in [1.54, 1.807) is 6.07 Å². The standard InChI is InChI=1S/C13H27.C8H6FN4.Sn/c1-4-7-10-13(11-8-5-2)12-9-6-3;1-6-4-11-12-13(6)7-2-3-8(9)10-5-7;/h4-12H2,1-3H3;2-3,5H,1H3;. The van der Waals surface area contributed by atoms with Crippen molar-refractivity contribution in [3.8, 4) is 5.69 Å². The number of hydrogen-bond acceptors (Lipinski definition) is 3. The molecule has 6 heteroatoms. The van der Waals surface area contributed by atoms with Crippen LogP contribution < -0.4 is 3.71 Å². The number of unbranched alkanes of at least 4 members (excludes halogenated alkanes) is 3. The van der Waals surface area contributed by atoms with E-state index in [-0.39, 0.29) is 0 Å². The van der Waals surface area contributed by atoms with Crippen LogP contribution in [-0.2, 0) is 0 Å². The van der Waals surface area contributed by atoms with Crippen molar-refractivity contribution >= 4 is 24.9 Å². The van der Waals surface area contributed by atoms with Gasteiger partial charge in [0.05, 0.1) is 0 Å². The molecule has 0 aliphatic heterocycles. The van der Waals surface area contributed by atoms with Gasteiger partial charge in [-0.2, -0.15) is 0 Å². The fraction of sp³-hybridized carbons (Fsp3) is 0.667. The zero-order valence-electron chi connectivity index (χ0n) is 17.3. The summed E-state index contributed by atoms with van der Waals surface area (Å²) in [6.45, 7) is 8.97. The van der Waals surface area contributed by atoms with E-state index in [1.165, 1.54) is 73.8 Å². The summed E-state index contributed by atoms with van der Waals surface area (Å²) in [6, 6.07) is 3.10. The first-order valence-corrected chi connectivity index (χ1v) is 13.2. The Morgan fingerprint density at radius 1 is 1.00 bits per heavy atom. The van der Waals surface area contributed by atoms with Crippen LogP contribution in [0, 0.1) is 12.9 Å². The first kappa shape index (κ1) is 22.3. The summed E-state index contributed by atoms with van der Waals surface area (Å²) in [4.78, 5) is 3.76. The van der Waals surface area contributed by atoms with Crippen LogP contribution in [0.2, 0.25) is 3.43 Å². The van der Waals surface area contributed by atoms with E-state index in [9.17, 15) is 4.39 Å². The molecule has 0 N–H and O–H groups in total. The molecule has 2 heterocycles. The average Bonchev–Trinajstić information content (AvgIpc) is 3.03. The average molecular weight is 479 g/mol. The van der Waals surface area contributed by atoms with Crippen molar-refractivity contribution in [1.29, 1.82) is 0 Å². The van der Waals surface area contributed by atoms with Crippen molar-refractivity contribution in [2.24, 2.45) is 0 Å². The third-order valence-corrected chi connectivity index (χ3v) is 10.9. The van der Waals surface area contributed by atoms with E-state index in [2.05, 4.69) is 43.0 Å². The van der Waals surface area contributed by atoms with Gasteiger partial charge in [0.1, 0.15) is 0 Å². The van der Waals surface area contributed by atoms with E-state index in [1.807, 2.05) is 4.68 Å². The molecule has 0 spiro atoms. The molecule has 0 aromatic carbocycles. The van der Waals surface area contributed by atoms with E-state index in [4.69, 9.17) is 0 Å². The molecule has 4 nitrogen and oxygen atoms in total. The van der Waals surface area contributed by atoms with Gasteiger partial charge in [-0.25, -0.2) is 0 Å². The molecule has 0 atom stereocenters. The van der Waals surface area contributed by atoms with Crippen LogP contribution in [0.3, 0.4) is 0 Å². The van der Waals surface area contributed by atoms with E-state index < -0.39 is 27.1 Å². The molecule has 0 saturated heterocycles. The molecule has 2 aromatic heterocycles. The van der Waals surface area contributed by atoms with Crippen LogP contribution in [0.25, 0.3) is 5.69 Å². The molecule has 0 aliphatic carbocycles. The maximum absolute atomic E-state index is 13.1. The summed E-state index contributed by atoms with van der Waals surface area (Å²) in [5.74, 6) is -0.467. The van der Waals surface area contributed by atoms with Crippen molar-refractivity contribution in [2.45, 2.75) is 88.9 Å². The predicted molar refractivity (Wildman–Crippen MR) is 111 cm³/mol. The van der Waals surface area contributed by atoms with Crippen LogP contribution in [0.15, 0.2) is 18.3 Å². The Labute approximate surface area is 173 Å². The number of aromatic nitrogens is 4. The Hall–Kier alpha value is -0.981. The topological polar surface area (TPSA) is 43.6 Å². The molecular weight excluding hydrogens is 446 g/mol. The van der Waals surface area contributed by atoms with Gasteiger partial charge in [-0.3, -0.25) is 0 Å². The van der Waals surface area contributed by atoms with Crippen molar-refractivity contribution in [2.75, 3.05) is 0 Å². The van der Waals surface area contributed by atoms with Gasteiger partial charge >= 0.3 is 174 Å². The Bertz CT molecular complexity index is 662. The SMILES string of the molecule is CCCC[C](CCCC)(CCCC)[Sn][c]1nnn(-c2ccc(F)nc2)c1C. The maximum atomic E-state index is 13.1. The molecule has 0 unspecified atom stereocenters. The van der Waals surface area contributed by atoms with Crippen molar-refractivity contribution in [3.05, 3.63) is 30.0 Å². The van der Waals surface area contributed by atoms with E-state index >= 15 is 0 Å². The van der Waals surface area contributed by atoms with Crippen LogP contribution in [0.4, 0.5) is 4.39 Å². The summed E-state index contributed by atoms with van der Waals surface area (Å²) >= 11 is -0.923. The van der Waals surface area contributed by atoms with Gasteiger partial charge in [-0.1, -0.05) is 0 Å². The van der Waals surface area contributed by atoms with Gasteiger partial charge in [0.2, 0.25) is 0 Å². The minimum atomic E-state index is -0.923. The third kappa shape index (κ3) is 6.26. The Kier molecular flexibility index (Phi) is 9.19. The van der Waals surface area contributed by atoms with Crippen molar-refractivity contribution in [3.63, 3.8) is 0 Å². The van der Waals surface area contributed by atoms with E-state index in [0.29, 0.717) is 3.43 Å². The molecule has 0 bridgehead atoms. The number of rotatable bonds is 12. The van der Waals surface area contributed by atoms with Gasteiger partial charge in [-0.15, -0.1) is 0 Å². The number of hydrogen-bond donors (Lipinski definition) is 0. The molecule has 0 amide bonds. The predicted octanol–water partition coefficient (Wildman–Crippen LogP) is 5.17. The summed E-state index contributed by atoms with van der Waals surface area (Å²) in [5.41, 5.74) is 1.90. The third-order valence-electron chi connectivity index (χ3n) is 5.26. The van der Waals surface area contributed by atoms with Gasteiger partial charge < -0.3 is 0 Å². The molecule has 0 fully saturated rings. The first-order chi connectivity index (χ1) is 13.0. The summed E-state index contributed by atoms with van der Waals surface area (Å²) in [6.07, 6.45) is 13.2. The molecule has 2 radical (unpaired) electrons. The fourth-order valence-electron chi connectivity index (χ4n) is 3.54. The number of pyridine rings is 1. The Balaban J connectivity index is 2.28. The van der Waals surface area contributed by atoms with Crippen LogP contribution >= 0.6 is 0 Å². The van der Waals surface area contributed by atoms with Crippen LogP contribution in [0.5, 0.6) is 0 Å². The van der Waals surface area contributed by atoms with E-state index in [0.717, 1.165) is 11.4 Å². The molecule has 27 heavy (non-hydrogen) atoms. The van der Waals surface area contributed by atoms with Crippen LogP contribution in [-0.4, -0.2) is 41.1 Å². The van der Waals surface area contributed by atoms with Gasteiger partial charge in [0.15, 0.2) is 0 Å². The Morgan fingerprint density at radius 2 is 1.59 bits per heavy atom. The van der Waals surface area contributed by atoms with Crippen molar-refractivity contribution < 1.29 is 4.39 Å². The normalized spacial score (nSPS) is 11.9. The van der Waals surface area contributed by atoms with Gasteiger partial charge in [0.25, 0.3) is 0 Å². The van der Waals surface area contributed by atoms with Gasteiger partial charge in [0, 0.05) is 0 Å². The summed E-state index contributed by atoms with van der Waals surface area (Å²) in [5, 5.41) is 8.98. The Morgan fingerprint density at radius 3 is 2.07 bits per heavy atom. The molecule has 148 valence electrons. The number of halogens is 1. The molecule has 2 rings (SSSR count). The zero-order valence-corrected chi connectivity index (χ0v) is 20.1. The summed E-state index contributed by atoms with van der Waals surface area (Å²) < 4.78 is 16.7. The molecule has 0 aliphatic rings. The molecule has 2 aromatic rings. The van der Waals surface area contributed by atoms with Gasteiger partial charge in [-0.05, 0) is 0 Å². The monoisotopic (exact) mass is 480 g/mol. The van der Waals surface area contributed by atoms with Crippen LogP contribution in [0.1, 0.15) is 84.3 Å². The minimum absolute atomic E-state index is 0.467. The number of nitrogens with zero attached hydrogens (tertiary/aromatic N) is 4. The quantitative estimate of drug-likeness (QED) is 0.312. The molecule has 0 saturated carbocycles.